The molecule has 1 aliphatic rings. The number of hydrogen-bond acceptors (Lipinski definition) is 7. The fourth-order valence-electron chi connectivity index (χ4n) is 4.88. The summed E-state index contributed by atoms with van der Waals surface area (Å²) in [4.78, 5) is 41.8. The fraction of sp³-hybridized carbons (Fsp3) is 0.400. The number of halogens is 2. The Morgan fingerprint density at radius 2 is 1.95 bits per heavy atom. The molecular formula is C30H35BCl2N4O6. The zero-order valence-electron chi connectivity index (χ0n) is 24.0. The van der Waals surface area contributed by atoms with Crippen LogP contribution in [0.4, 0.5) is 5.69 Å². The van der Waals surface area contributed by atoms with Gasteiger partial charge in [-0.3, -0.25) is 19.3 Å². The molecule has 1 saturated heterocycles. The first-order valence-electron chi connectivity index (χ1n) is 13.9. The SMILES string of the molecule is CC(C)C=C(C#N)C(=O)N1CCC[C@@H]1COC[C@@H](C(=O)N[C@@H](Cc1ccccc1)B(O)O)N(C=O)c1cc(Cl)ccc1Cl. The second-order valence-corrected chi connectivity index (χ2v) is 11.5. The first-order chi connectivity index (χ1) is 20.5. The van der Waals surface area contributed by atoms with E-state index < -0.39 is 25.0 Å². The first-order valence-corrected chi connectivity index (χ1v) is 14.7. The summed E-state index contributed by atoms with van der Waals surface area (Å²) in [6.07, 6.45) is 3.51. The number of nitrogens with zero attached hydrogens (tertiary/aromatic N) is 3. The van der Waals surface area contributed by atoms with Crippen molar-refractivity contribution in [3.8, 4) is 6.07 Å². The minimum absolute atomic E-state index is 0.0194. The Labute approximate surface area is 262 Å². The number of nitrogens with one attached hydrogen (secondary N) is 1. The van der Waals surface area contributed by atoms with Crippen LogP contribution in [0.5, 0.6) is 0 Å². The van der Waals surface area contributed by atoms with Gasteiger partial charge < -0.3 is 25.0 Å². The predicted octanol–water partition coefficient (Wildman–Crippen LogP) is 3.18. The number of carbonyl (C=O) groups is 3. The van der Waals surface area contributed by atoms with E-state index in [0.717, 1.165) is 16.9 Å². The lowest BCUT2D eigenvalue weighted by atomic mass is 9.75. The van der Waals surface area contributed by atoms with Crippen molar-refractivity contribution in [3.05, 3.63) is 75.8 Å². The molecule has 3 N–H and O–H groups in total. The number of hydrogen-bond donors (Lipinski definition) is 3. The Hall–Kier alpha value is -3.40. The lowest BCUT2D eigenvalue weighted by Crippen LogP contribution is -2.56. The highest BCUT2D eigenvalue weighted by Crippen LogP contribution is 2.30. The normalized spacial score (nSPS) is 16.4. The average Bonchev–Trinajstić information content (AvgIpc) is 3.45. The van der Waals surface area contributed by atoms with Crippen LogP contribution in [0, 0.1) is 17.2 Å². The number of rotatable bonds is 14. The molecule has 2 aromatic rings. The monoisotopic (exact) mass is 628 g/mol. The van der Waals surface area contributed by atoms with E-state index in [4.69, 9.17) is 27.9 Å². The second kappa shape index (κ2) is 16.5. The molecular weight excluding hydrogens is 594 g/mol. The van der Waals surface area contributed by atoms with E-state index in [1.54, 1.807) is 35.2 Å². The molecule has 0 radical (unpaired) electrons. The van der Waals surface area contributed by atoms with Crippen molar-refractivity contribution in [1.29, 1.82) is 5.26 Å². The Morgan fingerprint density at radius 3 is 2.58 bits per heavy atom. The molecule has 0 spiro atoms. The Morgan fingerprint density at radius 1 is 1.23 bits per heavy atom. The summed E-state index contributed by atoms with van der Waals surface area (Å²) in [5.41, 5.74) is 0.981. The van der Waals surface area contributed by atoms with Crippen LogP contribution in [0.25, 0.3) is 0 Å². The number of likely N-dealkylation sites (tertiary alicyclic amines) is 1. The summed E-state index contributed by atoms with van der Waals surface area (Å²) in [6, 6.07) is 13.8. The molecule has 1 heterocycles. The van der Waals surface area contributed by atoms with Crippen molar-refractivity contribution in [3.63, 3.8) is 0 Å². The molecule has 3 amide bonds. The number of anilines is 1. The highest BCUT2D eigenvalue weighted by atomic mass is 35.5. The van der Waals surface area contributed by atoms with E-state index in [0.29, 0.717) is 19.4 Å². The maximum Gasteiger partial charge on any atom is 0.475 e. The zero-order chi connectivity index (χ0) is 31.5. The summed E-state index contributed by atoms with van der Waals surface area (Å²) < 4.78 is 5.95. The molecule has 2 aromatic carbocycles. The van der Waals surface area contributed by atoms with Gasteiger partial charge >= 0.3 is 7.12 Å². The third-order valence-electron chi connectivity index (χ3n) is 7.00. The van der Waals surface area contributed by atoms with Crippen molar-refractivity contribution >= 4 is 54.2 Å². The zero-order valence-corrected chi connectivity index (χ0v) is 25.5. The largest absolute Gasteiger partial charge is 0.475 e. The number of allylic oxidation sites excluding steroid dienone is 1. The van der Waals surface area contributed by atoms with Gasteiger partial charge in [-0.2, -0.15) is 5.26 Å². The molecule has 1 aliphatic heterocycles. The van der Waals surface area contributed by atoms with E-state index in [2.05, 4.69) is 5.32 Å². The van der Waals surface area contributed by atoms with Gasteiger partial charge in [0.2, 0.25) is 12.3 Å². The van der Waals surface area contributed by atoms with Crippen molar-refractivity contribution in [2.75, 3.05) is 24.7 Å². The topological polar surface area (TPSA) is 143 Å². The summed E-state index contributed by atoms with van der Waals surface area (Å²) in [5.74, 6) is -2.17. The minimum atomic E-state index is -1.89. The number of ether oxygens (including phenoxy) is 1. The minimum Gasteiger partial charge on any atom is -0.426 e. The van der Waals surface area contributed by atoms with Gasteiger partial charge in [0, 0.05) is 11.6 Å². The summed E-state index contributed by atoms with van der Waals surface area (Å²) >= 11 is 12.5. The third kappa shape index (κ3) is 9.55. The molecule has 3 atom stereocenters. The van der Waals surface area contributed by atoms with E-state index >= 15 is 0 Å². The number of carbonyl (C=O) groups excluding carboxylic acids is 3. The van der Waals surface area contributed by atoms with Crippen LogP contribution < -0.4 is 10.2 Å². The van der Waals surface area contributed by atoms with Crippen molar-refractivity contribution in [1.82, 2.24) is 10.2 Å². The molecule has 43 heavy (non-hydrogen) atoms. The van der Waals surface area contributed by atoms with Crippen molar-refractivity contribution < 1.29 is 29.2 Å². The van der Waals surface area contributed by atoms with Crippen molar-refractivity contribution in [2.24, 2.45) is 5.92 Å². The molecule has 0 aromatic heterocycles. The highest BCUT2D eigenvalue weighted by Gasteiger charge is 2.35. The van der Waals surface area contributed by atoms with Crippen LogP contribution in [0.1, 0.15) is 32.3 Å². The van der Waals surface area contributed by atoms with Gasteiger partial charge in [-0.15, -0.1) is 0 Å². The molecule has 0 bridgehead atoms. The lowest BCUT2D eigenvalue weighted by molar-refractivity contribution is -0.130. The van der Waals surface area contributed by atoms with Gasteiger partial charge in [0.15, 0.2) is 0 Å². The van der Waals surface area contributed by atoms with Crippen LogP contribution in [-0.2, 0) is 25.5 Å². The number of amides is 3. The molecule has 0 saturated carbocycles. The van der Waals surface area contributed by atoms with Crippen LogP contribution in [0.15, 0.2) is 60.2 Å². The first kappa shape index (κ1) is 34.1. The molecule has 13 heteroatoms. The van der Waals surface area contributed by atoms with Gasteiger partial charge in [0.1, 0.15) is 17.7 Å². The Bertz CT molecular complexity index is 1340. The Balaban J connectivity index is 1.82. The van der Waals surface area contributed by atoms with E-state index in [9.17, 15) is 29.7 Å². The van der Waals surface area contributed by atoms with E-state index in [-0.39, 0.29) is 58.8 Å². The molecule has 0 unspecified atom stereocenters. The molecule has 0 aliphatic carbocycles. The van der Waals surface area contributed by atoms with Crippen LogP contribution >= 0.6 is 23.2 Å². The maximum absolute atomic E-state index is 13.7. The summed E-state index contributed by atoms with van der Waals surface area (Å²) in [7, 11) is -1.89. The molecule has 1 fully saturated rings. The number of nitriles is 1. The smallest absolute Gasteiger partial charge is 0.426 e. The summed E-state index contributed by atoms with van der Waals surface area (Å²) in [5, 5.41) is 32.7. The Kier molecular flexibility index (Phi) is 13.0. The van der Waals surface area contributed by atoms with Crippen LogP contribution in [0.2, 0.25) is 10.0 Å². The van der Waals surface area contributed by atoms with Gasteiger partial charge in [0.25, 0.3) is 5.91 Å². The maximum atomic E-state index is 13.7. The molecule has 3 rings (SSSR count). The standard InChI is InChI=1S/C30H35BCl2N4O6/c1-20(2)13-22(16-34)30(40)36-12-6-9-24(36)17-43-18-27(37(19-38)26-15-23(32)10-11-25(26)33)29(39)35-28(31(41)42)14-21-7-4-3-5-8-21/h3-5,7-8,10-11,13,15,19-20,24,27-28,41-42H,6,9,12,14,17-18H2,1-2H3,(H,35,39)/t24-,27+,28+/m1/s1. The van der Waals surface area contributed by atoms with E-state index in [1.807, 2.05) is 26.0 Å². The van der Waals surface area contributed by atoms with Gasteiger partial charge in [-0.05, 0) is 48.9 Å². The molecule has 10 nitrogen and oxygen atoms in total. The predicted molar refractivity (Wildman–Crippen MR) is 165 cm³/mol. The van der Waals surface area contributed by atoms with Gasteiger partial charge in [-0.25, -0.2) is 0 Å². The molecule has 228 valence electrons. The number of benzene rings is 2. The van der Waals surface area contributed by atoms with Crippen LogP contribution in [0.3, 0.4) is 0 Å². The fourth-order valence-corrected chi connectivity index (χ4v) is 5.26. The quantitative estimate of drug-likeness (QED) is 0.126. The lowest BCUT2D eigenvalue weighted by Gasteiger charge is -2.31. The highest BCUT2D eigenvalue weighted by molar-refractivity contribution is 6.43. The van der Waals surface area contributed by atoms with Gasteiger partial charge in [0.05, 0.1) is 35.9 Å². The average molecular weight is 629 g/mol. The second-order valence-electron chi connectivity index (χ2n) is 10.6. The van der Waals surface area contributed by atoms with Gasteiger partial charge in [-0.1, -0.05) is 73.5 Å². The summed E-state index contributed by atoms with van der Waals surface area (Å²) in [6.45, 7) is 3.96. The van der Waals surface area contributed by atoms with Crippen molar-refractivity contribution in [2.45, 2.75) is 51.1 Å². The van der Waals surface area contributed by atoms with E-state index in [1.165, 1.54) is 18.2 Å². The third-order valence-corrected chi connectivity index (χ3v) is 7.55. The van der Waals surface area contributed by atoms with Crippen LogP contribution in [-0.4, -0.2) is 78.1 Å².